The SMILES string of the molecule is O=C(NCc1cn2cc(Cl)ccc2n1)Nc1ccccc1. The third-order valence-electron chi connectivity index (χ3n) is 2.93. The highest BCUT2D eigenvalue weighted by Gasteiger charge is 2.05. The smallest absolute Gasteiger partial charge is 0.319 e. The largest absolute Gasteiger partial charge is 0.332 e. The van der Waals surface area contributed by atoms with Gasteiger partial charge in [-0.15, -0.1) is 0 Å². The molecular formula is C15H13ClN4O. The van der Waals surface area contributed by atoms with Crippen molar-refractivity contribution in [2.45, 2.75) is 6.54 Å². The van der Waals surface area contributed by atoms with Gasteiger partial charge in [-0.25, -0.2) is 9.78 Å². The summed E-state index contributed by atoms with van der Waals surface area (Å²) in [6.45, 7) is 0.345. The van der Waals surface area contributed by atoms with Crippen LogP contribution in [-0.2, 0) is 6.54 Å². The highest BCUT2D eigenvalue weighted by molar-refractivity contribution is 6.30. The van der Waals surface area contributed by atoms with Crippen molar-refractivity contribution in [2.24, 2.45) is 0 Å². The van der Waals surface area contributed by atoms with Gasteiger partial charge in [0, 0.05) is 18.1 Å². The second-order valence-corrected chi connectivity index (χ2v) is 4.96. The Kier molecular flexibility index (Phi) is 3.75. The minimum absolute atomic E-state index is 0.267. The molecule has 2 heterocycles. The van der Waals surface area contributed by atoms with E-state index < -0.39 is 0 Å². The van der Waals surface area contributed by atoms with Crippen LogP contribution in [0, 0.1) is 0 Å². The molecule has 3 rings (SSSR count). The molecule has 0 radical (unpaired) electrons. The van der Waals surface area contributed by atoms with E-state index in [-0.39, 0.29) is 6.03 Å². The molecule has 0 saturated carbocycles. The summed E-state index contributed by atoms with van der Waals surface area (Å²) in [6.07, 6.45) is 3.61. The first-order valence-electron chi connectivity index (χ1n) is 6.44. The van der Waals surface area contributed by atoms with Gasteiger partial charge in [0.05, 0.1) is 17.3 Å². The van der Waals surface area contributed by atoms with Crippen LogP contribution in [0.15, 0.2) is 54.9 Å². The van der Waals surface area contributed by atoms with Crippen LogP contribution in [-0.4, -0.2) is 15.4 Å². The van der Waals surface area contributed by atoms with E-state index in [0.29, 0.717) is 11.6 Å². The van der Waals surface area contributed by atoms with Gasteiger partial charge >= 0.3 is 6.03 Å². The molecule has 1 aromatic carbocycles. The van der Waals surface area contributed by atoms with Crippen LogP contribution in [0.2, 0.25) is 5.02 Å². The fourth-order valence-corrected chi connectivity index (χ4v) is 2.14. The number of rotatable bonds is 3. The zero-order chi connectivity index (χ0) is 14.7. The number of carbonyl (C=O) groups is 1. The summed E-state index contributed by atoms with van der Waals surface area (Å²) in [5, 5.41) is 6.15. The molecule has 2 amide bonds. The summed E-state index contributed by atoms with van der Waals surface area (Å²) in [5.74, 6) is 0. The Bertz CT molecular complexity index is 770. The Balaban J connectivity index is 1.62. The first-order chi connectivity index (χ1) is 10.2. The molecule has 0 atom stereocenters. The maximum Gasteiger partial charge on any atom is 0.319 e. The normalized spacial score (nSPS) is 10.5. The average Bonchev–Trinajstić information content (AvgIpc) is 2.88. The van der Waals surface area contributed by atoms with E-state index >= 15 is 0 Å². The van der Waals surface area contributed by atoms with Gasteiger partial charge in [0.15, 0.2) is 0 Å². The molecule has 6 heteroatoms. The van der Waals surface area contributed by atoms with Gasteiger partial charge in [0.2, 0.25) is 0 Å². The summed E-state index contributed by atoms with van der Waals surface area (Å²) >= 11 is 5.92. The summed E-state index contributed by atoms with van der Waals surface area (Å²) in [7, 11) is 0. The third kappa shape index (κ3) is 3.32. The number of nitrogens with zero attached hydrogens (tertiary/aromatic N) is 2. The molecule has 0 aliphatic carbocycles. The number of nitrogens with one attached hydrogen (secondary N) is 2. The first kappa shape index (κ1) is 13.5. The van der Waals surface area contributed by atoms with Gasteiger partial charge in [-0.1, -0.05) is 29.8 Å². The molecule has 5 nitrogen and oxygen atoms in total. The van der Waals surface area contributed by atoms with Gasteiger partial charge in [0.1, 0.15) is 5.65 Å². The number of amides is 2. The number of para-hydroxylation sites is 1. The Labute approximate surface area is 126 Å². The summed E-state index contributed by atoms with van der Waals surface area (Å²) in [6, 6.07) is 12.6. The molecule has 106 valence electrons. The van der Waals surface area contributed by atoms with Gasteiger partial charge in [-0.2, -0.15) is 0 Å². The Hall–Kier alpha value is -2.53. The van der Waals surface area contributed by atoms with Crippen molar-refractivity contribution >= 4 is 29.0 Å². The molecular weight excluding hydrogens is 288 g/mol. The van der Waals surface area contributed by atoms with E-state index in [1.807, 2.05) is 47.0 Å². The average molecular weight is 301 g/mol. The van der Waals surface area contributed by atoms with Gasteiger partial charge in [0.25, 0.3) is 0 Å². The topological polar surface area (TPSA) is 58.4 Å². The van der Waals surface area contributed by atoms with E-state index in [9.17, 15) is 4.79 Å². The summed E-state index contributed by atoms with van der Waals surface area (Å²) in [4.78, 5) is 16.2. The Morgan fingerprint density at radius 1 is 1.14 bits per heavy atom. The molecule has 0 spiro atoms. The first-order valence-corrected chi connectivity index (χ1v) is 6.81. The number of benzene rings is 1. The van der Waals surface area contributed by atoms with Gasteiger partial charge in [-0.05, 0) is 24.3 Å². The summed E-state index contributed by atoms with van der Waals surface area (Å²) < 4.78 is 1.83. The molecule has 3 aromatic rings. The van der Waals surface area contributed by atoms with Crippen molar-refractivity contribution in [3.63, 3.8) is 0 Å². The van der Waals surface area contributed by atoms with E-state index in [2.05, 4.69) is 15.6 Å². The van der Waals surface area contributed by atoms with E-state index in [4.69, 9.17) is 11.6 Å². The van der Waals surface area contributed by atoms with Crippen LogP contribution in [0.1, 0.15) is 5.69 Å². The molecule has 0 unspecified atom stereocenters. The van der Waals surface area contributed by atoms with Crippen LogP contribution in [0.3, 0.4) is 0 Å². The van der Waals surface area contributed by atoms with Crippen LogP contribution < -0.4 is 10.6 Å². The quantitative estimate of drug-likeness (QED) is 0.779. The zero-order valence-electron chi connectivity index (χ0n) is 11.1. The monoisotopic (exact) mass is 300 g/mol. The molecule has 2 aromatic heterocycles. The predicted octanol–water partition coefficient (Wildman–Crippen LogP) is 3.31. The lowest BCUT2D eigenvalue weighted by atomic mass is 10.3. The fraction of sp³-hybridized carbons (Fsp3) is 0.0667. The third-order valence-corrected chi connectivity index (χ3v) is 3.15. The Morgan fingerprint density at radius 2 is 1.95 bits per heavy atom. The molecule has 0 saturated heterocycles. The van der Waals surface area contributed by atoms with Crippen LogP contribution in [0.4, 0.5) is 10.5 Å². The maximum atomic E-state index is 11.8. The lowest BCUT2D eigenvalue weighted by Crippen LogP contribution is -2.28. The number of halogens is 1. The Morgan fingerprint density at radius 3 is 2.76 bits per heavy atom. The second kappa shape index (κ2) is 5.85. The number of imidazole rings is 1. The number of carbonyl (C=O) groups excluding carboxylic acids is 1. The maximum absolute atomic E-state index is 11.8. The van der Waals surface area contributed by atoms with E-state index in [1.165, 1.54) is 0 Å². The van der Waals surface area contributed by atoms with Crippen molar-refractivity contribution in [3.05, 3.63) is 65.6 Å². The number of fused-ring (bicyclic) bond motifs is 1. The van der Waals surface area contributed by atoms with Crippen LogP contribution >= 0.6 is 11.6 Å². The number of hydrogen-bond donors (Lipinski definition) is 2. The van der Waals surface area contributed by atoms with Crippen molar-refractivity contribution in [3.8, 4) is 0 Å². The minimum Gasteiger partial charge on any atom is -0.332 e. The van der Waals surface area contributed by atoms with E-state index in [0.717, 1.165) is 17.0 Å². The molecule has 0 aliphatic heterocycles. The van der Waals surface area contributed by atoms with Crippen LogP contribution in [0.25, 0.3) is 5.65 Å². The highest BCUT2D eigenvalue weighted by atomic mass is 35.5. The second-order valence-electron chi connectivity index (χ2n) is 4.52. The van der Waals surface area contributed by atoms with Gasteiger partial charge in [-0.3, -0.25) is 0 Å². The minimum atomic E-state index is -0.267. The number of aromatic nitrogens is 2. The van der Waals surface area contributed by atoms with Crippen molar-refractivity contribution in [1.29, 1.82) is 0 Å². The van der Waals surface area contributed by atoms with Crippen molar-refractivity contribution < 1.29 is 4.79 Å². The molecule has 0 aliphatic rings. The highest BCUT2D eigenvalue weighted by Crippen LogP contribution is 2.11. The van der Waals surface area contributed by atoms with E-state index in [1.54, 1.807) is 12.3 Å². The predicted molar refractivity (Wildman–Crippen MR) is 82.5 cm³/mol. The molecule has 0 fully saturated rings. The lowest BCUT2D eigenvalue weighted by molar-refractivity contribution is 0.251. The summed E-state index contributed by atoms with van der Waals surface area (Å²) in [5.41, 5.74) is 2.30. The van der Waals surface area contributed by atoms with Crippen molar-refractivity contribution in [1.82, 2.24) is 14.7 Å². The van der Waals surface area contributed by atoms with Crippen molar-refractivity contribution in [2.75, 3.05) is 5.32 Å². The molecule has 21 heavy (non-hydrogen) atoms. The number of urea groups is 1. The standard InChI is InChI=1S/C15H13ClN4O/c16-11-6-7-14-18-13(10-20(14)9-11)8-17-15(21)19-12-4-2-1-3-5-12/h1-7,9-10H,8H2,(H2,17,19,21). The number of anilines is 1. The fourth-order valence-electron chi connectivity index (χ4n) is 1.97. The zero-order valence-corrected chi connectivity index (χ0v) is 11.8. The molecule has 0 bridgehead atoms. The number of hydrogen-bond acceptors (Lipinski definition) is 2. The van der Waals surface area contributed by atoms with Crippen LogP contribution in [0.5, 0.6) is 0 Å². The number of pyridine rings is 1. The molecule has 2 N–H and O–H groups in total. The van der Waals surface area contributed by atoms with Gasteiger partial charge < -0.3 is 15.0 Å². The lowest BCUT2D eigenvalue weighted by Gasteiger charge is -2.05.